The molecule has 0 bridgehead atoms. The average molecular weight is 382 g/mol. The fourth-order valence-electron chi connectivity index (χ4n) is 2.92. The standard InChI is InChI=1S/C18H17F3N2O2S/c1-11-5-3-4-6-14(11)16-15(22-17(23-16)18(19,20)21)12-7-9-13(10-8-12)26(2,24)25/h3-7,9-10,12H,8H2,1-2H3,(H,22,23). The lowest BCUT2D eigenvalue weighted by molar-refractivity contribution is -0.144. The normalized spacial score (nSPS) is 18.0. The van der Waals surface area contributed by atoms with E-state index < -0.39 is 27.8 Å². The summed E-state index contributed by atoms with van der Waals surface area (Å²) in [5.41, 5.74) is 1.98. The fraction of sp³-hybridized carbons (Fsp3) is 0.278. The molecule has 0 saturated carbocycles. The molecule has 1 unspecified atom stereocenters. The third-order valence-corrected chi connectivity index (χ3v) is 5.42. The summed E-state index contributed by atoms with van der Waals surface area (Å²) in [5, 5.41) is 0. The molecular formula is C18H17F3N2O2S. The van der Waals surface area contributed by atoms with Crippen molar-refractivity contribution in [3.63, 3.8) is 0 Å². The lowest BCUT2D eigenvalue weighted by Crippen LogP contribution is -2.08. The summed E-state index contributed by atoms with van der Waals surface area (Å²) in [5.74, 6) is -1.48. The number of sulfone groups is 1. The minimum Gasteiger partial charge on any atom is -0.337 e. The Balaban J connectivity index is 2.08. The quantitative estimate of drug-likeness (QED) is 0.857. The summed E-state index contributed by atoms with van der Waals surface area (Å²) in [7, 11) is -3.35. The first kappa shape index (κ1) is 18.4. The van der Waals surface area contributed by atoms with Crippen LogP contribution in [0.5, 0.6) is 0 Å². The Hall–Kier alpha value is -2.35. The van der Waals surface area contributed by atoms with E-state index >= 15 is 0 Å². The van der Waals surface area contributed by atoms with Crippen LogP contribution in [0.15, 0.2) is 47.4 Å². The van der Waals surface area contributed by atoms with Gasteiger partial charge in [0.1, 0.15) is 0 Å². The molecule has 3 rings (SSSR count). The number of aromatic nitrogens is 2. The second-order valence-electron chi connectivity index (χ2n) is 6.24. The van der Waals surface area contributed by atoms with E-state index in [1.165, 1.54) is 12.2 Å². The van der Waals surface area contributed by atoms with Crippen molar-refractivity contribution in [1.82, 2.24) is 9.97 Å². The van der Waals surface area contributed by atoms with Crippen molar-refractivity contribution in [2.24, 2.45) is 0 Å². The molecule has 0 saturated heterocycles. The van der Waals surface area contributed by atoms with Gasteiger partial charge in [0.2, 0.25) is 5.82 Å². The number of hydrogen-bond acceptors (Lipinski definition) is 3. The summed E-state index contributed by atoms with van der Waals surface area (Å²) in [6.07, 6.45) is 1.33. The predicted molar refractivity (Wildman–Crippen MR) is 93.2 cm³/mol. The monoisotopic (exact) mass is 382 g/mol. The molecule has 0 amide bonds. The molecule has 1 aliphatic carbocycles. The average Bonchev–Trinajstić information content (AvgIpc) is 3.00. The molecule has 8 heteroatoms. The number of halogens is 3. The van der Waals surface area contributed by atoms with Crippen LogP contribution in [0.4, 0.5) is 13.2 Å². The number of aryl methyl sites for hydroxylation is 1. The van der Waals surface area contributed by atoms with E-state index in [1.54, 1.807) is 37.3 Å². The SMILES string of the molecule is Cc1ccccc1-c1nc(C(F)(F)F)[nH]c1C1C=CC(S(C)(=O)=O)=CC1. The van der Waals surface area contributed by atoms with Crippen LogP contribution in [-0.4, -0.2) is 24.6 Å². The summed E-state index contributed by atoms with van der Waals surface area (Å²) in [6, 6.07) is 7.07. The number of nitrogens with zero attached hydrogens (tertiary/aromatic N) is 1. The second-order valence-corrected chi connectivity index (χ2v) is 8.26. The number of nitrogens with one attached hydrogen (secondary N) is 1. The maximum atomic E-state index is 13.2. The Morgan fingerprint density at radius 2 is 1.92 bits per heavy atom. The number of alkyl halides is 3. The van der Waals surface area contributed by atoms with E-state index in [-0.39, 0.29) is 17.0 Å². The summed E-state index contributed by atoms with van der Waals surface area (Å²) >= 11 is 0. The van der Waals surface area contributed by atoms with Crippen molar-refractivity contribution in [3.8, 4) is 11.3 Å². The van der Waals surface area contributed by atoms with Crippen molar-refractivity contribution < 1.29 is 21.6 Å². The minimum absolute atomic E-state index is 0.168. The Morgan fingerprint density at radius 1 is 1.23 bits per heavy atom. The van der Waals surface area contributed by atoms with E-state index in [4.69, 9.17) is 0 Å². The Labute approximate surface area is 149 Å². The molecule has 0 fully saturated rings. The molecule has 1 aromatic carbocycles. The van der Waals surface area contributed by atoms with Gasteiger partial charge in [0.15, 0.2) is 9.84 Å². The molecule has 1 aliphatic rings. The third kappa shape index (κ3) is 3.60. The molecule has 0 spiro atoms. The summed E-state index contributed by atoms with van der Waals surface area (Å²) in [6.45, 7) is 1.80. The van der Waals surface area contributed by atoms with Gasteiger partial charge in [-0.15, -0.1) is 0 Å². The molecule has 4 nitrogen and oxygen atoms in total. The fourth-order valence-corrected chi connectivity index (χ4v) is 3.65. The van der Waals surface area contributed by atoms with Crippen LogP contribution in [0, 0.1) is 6.92 Å². The van der Waals surface area contributed by atoms with Gasteiger partial charge in [0.05, 0.1) is 16.3 Å². The van der Waals surface area contributed by atoms with Crippen LogP contribution >= 0.6 is 0 Å². The number of hydrogen-bond donors (Lipinski definition) is 1. The van der Waals surface area contributed by atoms with E-state index in [0.29, 0.717) is 11.3 Å². The molecule has 1 heterocycles. The number of rotatable bonds is 3. The zero-order valence-corrected chi connectivity index (χ0v) is 14.9. The maximum Gasteiger partial charge on any atom is 0.449 e. The van der Waals surface area contributed by atoms with Gasteiger partial charge in [0, 0.05) is 17.7 Å². The van der Waals surface area contributed by atoms with Crippen LogP contribution in [0.2, 0.25) is 0 Å². The largest absolute Gasteiger partial charge is 0.449 e. The van der Waals surface area contributed by atoms with Gasteiger partial charge in [-0.25, -0.2) is 13.4 Å². The third-order valence-electron chi connectivity index (χ3n) is 4.27. The van der Waals surface area contributed by atoms with Crippen LogP contribution in [0.1, 0.15) is 29.4 Å². The van der Waals surface area contributed by atoms with Gasteiger partial charge in [0.25, 0.3) is 0 Å². The molecule has 0 aliphatic heterocycles. The topological polar surface area (TPSA) is 62.8 Å². The van der Waals surface area contributed by atoms with Gasteiger partial charge >= 0.3 is 6.18 Å². The Kier molecular flexibility index (Phi) is 4.56. The first-order chi connectivity index (χ1) is 12.1. The van der Waals surface area contributed by atoms with Gasteiger partial charge in [-0.1, -0.05) is 36.4 Å². The highest BCUT2D eigenvalue weighted by atomic mass is 32.2. The van der Waals surface area contributed by atoms with E-state index in [1.807, 2.05) is 0 Å². The highest BCUT2D eigenvalue weighted by molar-refractivity contribution is 7.94. The van der Waals surface area contributed by atoms with E-state index in [2.05, 4.69) is 9.97 Å². The zero-order chi connectivity index (χ0) is 19.1. The number of imidazole rings is 1. The van der Waals surface area contributed by atoms with Crippen LogP contribution in [0.25, 0.3) is 11.3 Å². The number of allylic oxidation sites excluding steroid dienone is 3. The zero-order valence-electron chi connectivity index (χ0n) is 14.1. The van der Waals surface area contributed by atoms with Crippen LogP contribution in [-0.2, 0) is 16.0 Å². The maximum absolute atomic E-state index is 13.2. The first-order valence-electron chi connectivity index (χ1n) is 7.89. The van der Waals surface area contributed by atoms with Crippen LogP contribution in [0.3, 0.4) is 0 Å². The van der Waals surface area contributed by atoms with Crippen LogP contribution < -0.4 is 0 Å². The van der Waals surface area contributed by atoms with Gasteiger partial charge in [-0.2, -0.15) is 13.2 Å². The molecule has 138 valence electrons. The molecule has 1 N–H and O–H groups in total. The van der Waals surface area contributed by atoms with Crippen molar-refractivity contribution in [2.45, 2.75) is 25.4 Å². The second kappa shape index (κ2) is 6.42. The predicted octanol–water partition coefficient (Wildman–Crippen LogP) is 4.38. The van der Waals surface area contributed by atoms with Crippen molar-refractivity contribution in [3.05, 3.63) is 64.5 Å². The smallest absolute Gasteiger partial charge is 0.337 e. The Bertz CT molecular complexity index is 1000. The van der Waals surface area contributed by atoms with Gasteiger partial charge < -0.3 is 4.98 Å². The highest BCUT2D eigenvalue weighted by Crippen LogP contribution is 2.38. The molecular weight excluding hydrogens is 365 g/mol. The number of aromatic amines is 1. The lowest BCUT2D eigenvalue weighted by atomic mass is 9.93. The van der Waals surface area contributed by atoms with Crippen molar-refractivity contribution >= 4 is 9.84 Å². The lowest BCUT2D eigenvalue weighted by Gasteiger charge is -2.16. The molecule has 1 aromatic heterocycles. The van der Waals surface area contributed by atoms with Crippen molar-refractivity contribution in [2.75, 3.05) is 6.26 Å². The minimum atomic E-state index is -4.60. The molecule has 1 atom stereocenters. The van der Waals surface area contributed by atoms with Gasteiger partial charge in [-0.05, 0) is 25.0 Å². The summed E-state index contributed by atoms with van der Waals surface area (Å²) in [4.78, 5) is 6.38. The summed E-state index contributed by atoms with van der Waals surface area (Å²) < 4.78 is 62.8. The number of benzene rings is 1. The Morgan fingerprint density at radius 3 is 2.46 bits per heavy atom. The van der Waals surface area contributed by atoms with E-state index in [0.717, 1.165) is 11.8 Å². The number of H-pyrrole nitrogens is 1. The first-order valence-corrected chi connectivity index (χ1v) is 9.78. The molecule has 2 aromatic rings. The van der Waals surface area contributed by atoms with Gasteiger partial charge in [-0.3, -0.25) is 0 Å². The van der Waals surface area contributed by atoms with E-state index in [9.17, 15) is 21.6 Å². The molecule has 0 radical (unpaired) electrons. The molecule has 26 heavy (non-hydrogen) atoms. The highest BCUT2D eigenvalue weighted by Gasteiger charge is 2.37. The van der Waals surface area contributed by atoms with Crippen molar-refractivity contribution in [1.29, 1.82) is 0 Å².